The van der Waals surface area contributed by atoms with Crippen LogP contribution in [0, 0.1) is 0 Å². The maximum absolute atomic E-state index is 12.3. The highest BCUT2D eigenvalue weighted by molar-refractivity contribution is 7.97. The fourth-order valence-corrected chi connectivity index (χ4v) is 4.37. The number of carbonyl (C=O) groups is 1. The van der Waals surface area contributed by atoms with Crippen LogP contribution in [0.4, 0.5) is 0 Å². The Kier molecular flexibility index (Phi) is 6.29. The van der Waals surface area contributed by atoms with Gasteiger partial charge in [0.05, 0.1) is 12.2 Å². The van der Waals surface area contributed by atoms with Crippen LogP contribution in [-0.4, -0.2) is 35.1 Å². The van der Waals surface area contributed by atoms with Crippen LogP contribution < -0.4 is 5.32 Å². The number of benzene rings is 1. The van der Waals surface area contributed by atoms with Crippen LogP contribution in [0.1, 0.15) is 39.5 Å². The number of carbonyl (C=O) groups excluding carboxylic acids is 1. The molecule has 1 aliphatic rings. The molecule has 0 saturated carbocycles. The summed E-state index contributed by atoms with van der Waals surface area (Å²) in [5.41, 5.74) is 2.91. The quantitative estimate of drug-likeness (QED) is 0.819. The lowest BCUT2D eigenvalue weighted by molar-refractivity contribution is 0.0950. The molecule has 1 aromatic heterocycles. The normalized spacial score (nSPS) is 14.9. The number of amides is 1. The van der Waals surface area contributed by atoms with Gasteiger partial charge in [0.15, 0.2) is 0 Å². The van der Waals surface area contributed by atoms with Crippen LogP contribution in [0.15, 0.2) is 29.6 Å². The molecule has 128 valence electrons. The van der Waals surface area contributed by atoms with E-state index in [1.54, 1.807) is 23.1 Å². The Bertz CT molecular complexity index is 663. The molecule has 4 nitrogen and oxygen atoms in total. The van der Waals surface area contributed by atoms with E-state index in [1.165, 1.54) is 31.5 Å². The molecule has 0 spiro atoms. The van der Waals surface area contributed by atoms with Gasteiger partial charge in [-0.1, -0.05) is 12.1 Å². The molecule has 1 aromatic carbocycles. The van der Waals surface area contributed by atoms with Gasteiger partial charge in [0.2, 0.25) is 0 Å². The molecule has 1 saturated heterocycles. The number of hydrogen-bond donors (Lipinski definition) is 1. The summed E-state index contributed by atoms with van der Waals surface area (Å²) in [6, 6.07) is 7.96. The minimum Gasteiger partial charge on any atom is -0.346 e. The molecule has 24 heavy (non-hydrogen) atoms. The van der Waals surface area contributed by atoms with E-state index in [0.29, 0.717) is 12.1 Å². The highest BCUT2D eigenvalue weighted by Crippen LogP contribution is 2.15. The molecule has 1 amide bonds. The molecule has 0 atom stereocenters. The van der Waals surface area contributed by atoms with Crippen molar-refractivity contribution in [2.24, 2.45) is 0 Å². The smallest absolute Gasteiger partial charge is 0.251 e. The summed E-state index contributed by atoms with van der Waals surface area (Å²) < 4.78 is 0. The lowest BCUT2D eigenvalue weighted by atomic mass is 10.1. The Balaban J connectivity index is 1.50. The number of hydrogen-bond acceptors (Lipinski definition) is 5. The van der Waals surface area contributed by atoms with Crippen molar-refractivity contribution in [3.63, 3.8) is 0 Å². The standard InChI is InChI=1S/C18H23N3OS2/c1-23-13-17-20-16(12-24-17)10-19-18(22)15-6-4-14(5-7-15)11-21-8-2-3-9-21/h4-7,12H,2-3,8-11,13H2,1H3,(H,19,22). The Morgan fingerprint density at radius 2 is 2.04 bits per heavy atom. The van der Waals surface area contributed by atoms with Gasteiger partial charge in [0, 0.05) is 23.2 Å². The number of rotatable bonds is 7. The van der Waals surface area contributed by atoms with Crippen LogP contribution in [0.25, 0.3) is 0 Å². The molecule has 0 aliphatic carbocycles. The molecular weight excluding hydrogens is 338 g/mol. The number of aromatic nitrogens is 1. The molecule has 0 unspecified atom stereocenters. The summed E-state index contributed by atoms with van der Waals surface area (Å²) in [7, 11) is 0. The summed E-state index contributed by atoms with van der Waals surface area (Å²) in [6.45, 7) is 3.85. The Hall–Kier alpha value is -1.37. The van der Waals surface area contributed by atoms with Gasteiger partial charge in [-0.05, 0) is 49.9 Å². The van der Waals surface area contributed by atoms with E-state index in [0.717, 1.165) is 23.0 Å². The average Bonchev–Trinajstić information content (AvgIpc) is 3.26. The van der Waals surface area contributed by atoms with E-state index >= 15 is 0 Å². The first-order chi connectivity index (χ1) is 11.7. The molecule has 2 aromatic rings. The second-order valence-corrected chi connectivity index (χ2v) is 7.84. The van der Waals surface area contributed by atoms with Crippen molar-refractivity contribution in [3.05, 3.63) is 51.5 Å². The SMILES string of the molecule is CSCc1nc(CNC(=O)c2ccc(CN3CCCC3)cc2)cs1. The lowest BCUT2D eigenvalue weighted by Gasteiger charge is -2.14. The van der Waals surface area contributed by atoms with Crippen molar-refractivity contribution in [3.8, 4) is 0 Å². The molecule has 3 rings (SSSR count). The Morgan fingerprint density at radius 3 is 2.75 bits per heavy atom. The third-order valence-electron chi connectivity index (χ3n) is 4.12. The van der Waals surface area contributed by atoms with E-state index < -0.39 is 0 Å². The van der Waals surface area contributed by atoms with Crippen LogP contribution in [0.5, 0.6) is 0 Å². The van der Waals surface area contributed by atoms with Crippen molar-refractivity contribution in [1.82, 2.24) is 15.2 Å². The predicted molar refractivity (Wildman–Crippen MR) is 101 cm³/mol. The monoisotopic (exact) mass is 361 g/mol. The van der Waals surface area contributed by atoms with E-state index in [2.05, 4.69) is 33.6 Å². The topological polar surface area (TPSA) is 45.2 Å². The lowest BCUT2D eigenvalue weighted by Crippen LogP contribution is -2.23. The Morgan fingerprint density at radius 1 is 1.29 bits per heavy atom. The van der Waals surface area contributed by atoms with E-state index in [-0.39, 0.29) is 5.91 Å². The average molecular weight is 362 g/mol. The first-order valence-electron chi connectivity index (χ1n) is 8.26. The third-order valence-corrected chi connectivity index (χ3v) is 5.76. The van der Waals surface area contributed by atoms with Crippen molar-refractivity contribution in [2.45, 2.75) is 31.7 Å². The first kappa shape index (κ1) is 17.5. The van der Waals surface area contributed by atoms with Gasteiger partial charge in [-0.2, -0.15) is 11.8 Å². The number of nitrogens with zero attached hydrogens (tertiary/aromatic N) is 2. The second-order valence-electron chi connectivity index (χ2n) is 6.03. The molecule has 1 N–H and O–H groups in total. The minimum absolute atomic E-state index is 0.0397. The zero-order valence-corrected chi connectivity index (χ0v) is 15.6. The van der Waals surface area contributed by atoms with Gasteiger partial charge in [-0.15, -0.1) is 11.3 Å². The highest BCUT2D eigenvalue weighted by atomic mass is 32.2. The van der Waals surface area contributed by atoms with Gasteiger partial charge in [0.25, 0.3) is 5.91 Å². The molecule has 2 heterocycles. The summed E-state index contributed by atoms with van der Waals surface area (Å²) >= 11 is 3.41. The van der Waals surface area contributed by atoms with E-state index in [9.17, 15) is 4.79 Å². The summed E-state index contributed by atoms with van der Waals surface area (Å²) in [4.78, 5) is 19.2. The largest absolute Gasteiger partial charge is 0.346 e. The van der Waals surface area contributed by atoms with Crippen molar-refractivity contribution in [2.75, 3.05) is 19.3 Å². The summed E-state index contributed by atoms with van der Waals surface area (Å²) in [5, 5.41) is 6.08. The van der Waals surface area contributed by atoms with Crippen molar-refractivity contribution >= 4 is 29.0 Å². The van der Waals surface area contributed by atoms with Gasteiger partial charge >= 0.3 is 0 Å². The third kappa shape index (κ3) is 4.82. The highest BCUT2D eigenvalue weighted by Gasteiger charge is 2.12. The number of nitrogens with one attached hydrogen (secondary N) is 1. The second kappa shape index (κ2) is 8.65. The fourth-order valence-electron chi connectivity index (χ4n) is 2.85. The minimum atomic E-state index is -0.0397. The maximum Gasteiger partial charge on any atom is 0.251 e. The molecule has 6 heteroatoms. The number of thiazole rings is 1. The predicted octanol–water partition coefficient (Wildman–Crippen LogP) is 3.53. The van der Waals surface area contributed by atoms with Crippen LogP contribution in [-0.2, 0) is 18.8 Å². The molecule has 1 fully saturated rings. The van der Waals surface area contributed by atoms with Crippen LogP contribution >= 0.6 is 23.1 Å². The number of likely N-dealkylation sites (tertiary alicyclic amines) is 1. The maximum atomic E-state index is 12.3. The Labute approximate surface area is 151 Å². The summed E-state index contributed by atoms with van der Waals surface area (Å²) in [6.07, 6.45) is 4.67. The van der Waals surface area contributed by atoms with Gasteiger partial charge < -0.3 is 5.32 Å². The van der Waals surface area contributed by atoms with Crippen molar-refractivity contribution in [1.29, 1.82) is 0 Å². The van der Waals surface area contributed by atoms with Crippen LogP contribution in [0.3, 0.4) is 0 Å². The summed E-state index contributed by atoms with van der Waals surface area (Å²) in [5.74, 6) is 0.888. The van der Waals surface area contributed by atoms with Crippen LogP contribution in [0.2, 0.25) is 0 Å². The first-order valence-corrected chi connectivity index (χ1v) is 10.5. The van der Waals surface area contributed by atoms with Crippen molar-refractivity contribution < 1.29 is 4.79 Å². The number of thioether (sulfide) groups is 1. The van der Waals surface area contributed by atoms with E-state index in [4.69, 9.17) is 0 Å². The molecular formula is C18H23N3OS2. The molecule has 0 bridgehead atoms. The van der Waals surface area contributed by atoms with Gasteiger partial charge in [-0.3, -0.25) is 9.69 Å². The fraction of sp³-hybridized carbons (Fsp3) is 0.444. The molecule has 1 aliphatic heterocycles. The van der Waals surface area contributed by atoms with Gasteiger partial charge in [0.1, 0.15) is 5.01 Å². The molecule has 0 radical (unpaired) electrons. The zero-order valence-electron chi connectivity index (χ0n) is 14.0. The zero-order chi connectivity index (χ0) is 16.8. The van der Waals surface area contributed by atoms with Gasteiger partial charge in [-0.25, -0.2) is 4.98 Å². The van der Waals surface area contributed by atoms with E-state index in [1.807, 2.05) is 17.5 Å².